The van der Waals surface area contributed by atoms with E-state index in [0.29, 0.717) is 28.4 Å². The highest BCUT2D eigenvalue weighted by atomic mass is 32.1. The van der Waals surface area contributed by atoms with Crippen LogP contribution in [0.25, 0.3) is 33.7 Å². The third kappa shape index (κ3) is 3.64. The number of aryl methyl sites for hydroxylation is 1. The first-order chi connectivity index (χ1) is 15.1. The average Bonchev–Trinajstić information content (AvgIpc) is 3.35. The standard InChI is InChI=1S/C23H16N4O3S/c1-13-16-8-2-3-9-17(16)29-19(13)21(28)27-23(31)25-15-7-4-6-14(12-15)22-26-20-18(30-22)10-5-11-24-20/h2-12H,1H3,(H2,25,27,28,31). The minimum absolute atomic E-state index is 0.154. The summed E-state index contributed by atoms with van der Waals surface area (Å²) in [6.45, 7) is 1.84. The fourth-order valence-electron chi connectivity index (χ4n) is 3.34. The second kappa shape index (κ2) is 7.66. The first-order valence-corrected chi connectivity index (χ1v) is 9.92. The Morgan fingerprint density at radius 1 is 1.00 bits per heavy atom. The molecule has 1 amide bonds. The van der Waals surface area contributed by atoms with Gasteiger partial charge in [-0.15, -0.1) is 0 Å². The lowest BCUT2D eigenvalue weighted by atomic mass is 10.1. The molecule has 8 heteroatoms. The Kier molecular flexibility index (Phi) is 4.68. The molecule has 0 aliphatic heterocycles. The van der Waals surface area contributed by atoms with Crippen LogP contribution in [-0.4, -0.2) is 21.0 Å². The highest BCUT2D eigenvalue weighted by molar-refractivity contribution is 7.80. The number of thiocarbonyl (C=S) groups is 1. The number of carbonyl (C=O) groups excluding carboxylic acids is 1. The van der Waals surface area contributed by atoms with E-state index in [2.05, 4.69) is 20.6 Å². The number of nitrogens with zero attached hydrogens (tertiary/aromatic N) is 2. The van der Waals surface area contributed by atoms with Gasteiger partial charge in [-0.1, -0.05) is 24.3 Å². The summed E-state index contributed by atoms with van der Waals surface area (Å²) in [5, 5.41) is 6.73. The van der Waals surface area contributed by atoms with Crippen molar-refractivity contribution >= 4 is 51.1 Å². The molecule has 3 heterocycles. The number of furan rings is 1. The first-order valence-electron chi connectivity index (χ1n) is 9.51. The van der Waals surface area contributed by atoms with Gasteiger partial charge in [-0.3, -0.25) is 10.1 Å². The summed E-state index contributed by atoms with van der Waals surface area (Å²) in [5.41, 5.74) is 4.01. The van der Waals surface area contributed by atoms with Gasteiger partial charge < -0.3 is 14.2 Å². The average molecular weight is 428 g/mol. The van der Waals surface area contributed by atoms with Crippen LogP contribution in [-0.2, 0) is 0 Å². The maximum Gasteiger partial charge on any atom is 0.293 e. The number of hydrogen-bond acceptors (Lipinski definition) is 6. The quantitative estimate of drug-likeness (QED) is 0.388. The molecule has 0 aliphatic carbocycles. The molecule has 0 bridgehead atoms. The van der Waals surface area contributed by atoms with Crippen LogP contribution in [0.5, 0.6) is 0 Å². The van der Waals surface area contributed by atoms with Crippen LogP contribution in [0.2, 0.25) is 0 Å². The molecule has 2 aromatic carbocycles. The number of rotatable bonds is 3. The highest BCUT2D eigenvalue weighted by Gasteiger charge is 2.18. The highest BCUT2D eigenvalue weighted by Crippen LogP contribution is 2.26. The molecule has 0 atom stereocenters. The number of pyridine rings is 1. The zero-order chi connectivity index (χ0) is 21.4. The molecule has 0 saturated heterocycles. The van der Waals surface area contributed by atoms with E-state index in [0.717, 1.165) is 16.5 Å². The normalized spacial score (nSPS) is 11.0. The Balaban J connectivity index is 1.32. The molecule has 2 N–H and O–H groups in total. The lowest BCUT2D eigenvalue weighted by Gasteiger charge is -2.09. The molecule has 5 rings (SSSR count). The van der Waals surface area contributed by atoms with Gasteiger partial charge in [0.15, 0.2) is 22.1 Å². The zero-order valence-electron chi connectivity index (χ0n) is 16.4. The Morgan fingerprint density at radius 2 is 1.84 bits per heavy atom. The van der Waals surface area contributed by atoms with Crippen molar-refractivity contribution in [2.24, 2.45) is 0 Å². The molecular formula is C23H16N4O3S. The fourth-order valence-corrected chi connectivity index (χ4v) is 3.55. The maximum atomic E-state index is 12.7. The molecule has 0 aliphatic rings. The van der Waals surface area contributed by atoms with Gasteiger partial charge in [0.25, 0.3) is 5.91 Å². The number of para-hydroxylation sites is 1. The van der Waals surface area contributed by atoms with E-state index in [1.165, 1.54) is 0 Å². The van der Waals surface area contributed by atoms with Crippen LogP contribution in [0.4, 0.5) is 5.69 Å². The number of carbonyl (C=O) groups is 1. The van der Waals surface area contributed by atoms with Crippen LogP contribution in [0.15, 0.2) is 75.7 Å². The van der Waals surface area contributed by atoms with Crippen LogP contribution in [0, 0.1) is 6.92 Å². The summed E-state index contributed by atoms with van der Waals surface area (Å²) in [5.74, 6) is 0.274. The Bertz CT molecular complexity index is 1420. The number of hydrogen-bond donors (Lipinski definition) is 2. The molecule has 0 spiro atoms. The van der Waals surface area contributed by atoms with Gasteiger partial charge >= 0.3 is 0 Å². The van der Waals surface area contributed by atoms with Crippen molar-refractivity contribution in [3.63, 3.8) is 0 Å². The lowest BCUT2D eigenvalue weighted by molar-refractivity contribution is 0.0952. The predicted molar refractivity (Wildman–Crippen MR) is 122 cm³/mol. The summed E-state index contributed by atoms with van der Waals surface area (Å²) < 4.78 is 11.5. The summed E-state index contributed by atoms with van der Waals surface area (Å²) in [4.78, 5) is 21.2. The van der Waals surface area contributed by atoms with Crippen molar-refractivity contribution < 1.29 is 13.6 Å². The fraction of sp³-hybridized carbons (Fsp3) is 0.0435. The second-order valence-corrected chi connectivity index (χ2v) is 7.29. The molecule has 3 aromatic heterocycles. The number of nitrogens with one attached hydrogen (secondary N) is 2. The van der Waals surface area contributed by atoms with Crippen molar-refractivity contribution in [3.05, 3.63) is 78.2 Å². The van der Waals surface area contributed by atoms with Gasteiger partial charge in [0.05, 0.1) is 0 Å². The van der Waals surface area contributed by atoms with Crippen molar-refractivity contribution in [3.8, 4) is 11.5 Å². The summed E-state index contributed by atoms with van der Waals surface area (Å²) >= 11 is 5.31. The monoisotopic (exact) mass is 428 g/mol. The van der Waals surface area contributed by atoms with Crippen LogP contribution < -0.4 is 10.6 Å². The van der Waals surface area contributed by atoms with E-state index >= 15 is 0 Å². The molecule has 152 valence electrons. The van der Waals surface area contributed by atoms with E-state index in [-0.39, 0.29) is 10.9 Å². The lowest BCUT2D eigenvalue weighted by Crippen LogP contribution is -2.34. The van der Waals surface area contributed by atoms with Crippen LogP contribution in [0.1, 0.15) is 16.1 Å². The van der Waals surface area contributed by atoms with Crippen LogP contribution >= 0.6 is 12.2 Å². The minimum Gasteiger partial charge on any atom is -0.451 e. The number of anilines is 1. The number of benzene rings is 2. The Morgan fingerprint density at radius 3 is 2.68 bits per heavy atom. The first kappa shape index (κ1) is 19.0. The van der Waals surface area contributed by atoms with Gasteiger partial charge in [-0.05, 0) is 55.5 Å². The van der Waals surface area contributed by atoms with Gasteiger partial charge in [0.1, 0.15) is 5.58 Å². The molecule has 5 aromatic rings. The second-order valence-electron chi connectivity index (χ2n) is 6.89. The van der Waals surface area contributed by atoms with E-state index in [1.54, 1.807) is 12.3 Å². The number of amides is 1. The minimum atomic E-state index is -0.410. The SMILES string of the molecule is Cc1c(C(=O)NC(=S)Nc2cccc(-c3nc4ncccc4o3)c2)oc2ccccc12. The maximum absolute atomic E-state index is 12.7. The van der Waals surface area contributed by atoms with E-state index in [9.17, 15) is 4.79 Å². The number of oxazole rings is 1. The smallest absolute Gasteiger partial charge is 0.293 e. The van der Waals surface area contributed by atoms with Crippen molar-refractivity contribution in [2.45, 2.75) is 6.92 Å². The van der Waals surface area contributed by atoms with E-state index in [1.807, 2.05) is 61.5 Å². The molecule has 0 saturated carbocycles. The molecule has 0 fully saturated rings. The predicted octanol–water partition coefficient (Wildman–Crippen LogP) is 5.07. The van der Waals surface area contributed by atoms with Crippen molar-refractivity contribution in [1.29, 1.82) is 0 Å². The molecule has 0 radical (unpaired) electrons. The Labute approximate surface area is 182 Å². The third-order valence-electron chi connectivity index (χ3n) is 4.81. The van der Waals surface area contributed by atoms with Crippen LogP contribution in [0.3, 0.4) is 0 Å². The zero-order valence-corrected chi connectivity index (χ0v) is 17.2. The number of fused-ring (bicyclic) bond motifs is 2. The molecule has 0 unspecified atom stereocenters. The molecular weight excluding hydrogens is 412 g/mol. The Hall–Kier alpha value is -4.04. The summed E-state index contributed by atoms with van der Waals surface area (Å²) in [6, 6.07) is 18.5. The van der Waals surface area contributed by atoms with Gasteiger partial charge in [0, 0.05) is 28.4 Å². The largest absolute Gasteiger partial charge is 0.451 e. The summed E-state index contributed by atoms with van der Waals surface area (Å²) in [7, 11) is 0. The van der Waals surface area contributed by atoms with Gasteiger partial charge in [-0.25, -0.2) is 4.98 Å². The summed E-state index contributed by atoms with van der Waals surface area (Å²) in [6.07, 6.45) is 1.66. The van der Waals surface area contributed by atoms with E-state index < -0.39 is 5.91 Å². The van der Waals surface area contributed by atoms with Gasteiger partial charge in [0.2, 0.25) is 5.89 Å². The number of aromatic nitrogens is 2. The molecule has 31 heavy (non-hydrogen) atoms. The van der Waals surface area contributed by atoms with Crippen molar-refractivity contribution in [2.75, 3.05) is 5.32 Å². The topological polar surface area (TPSA) is 93.2 Å². The van der Waals surface area contributed by atoms with E-state index in [4.69, 9.17) is 21.1 Å². The van der Waals surface area contributed by atoms with Crippen molar-refractivity contribution in [1.82, 2.24) is 15.3 Å². The van der Waals surface area contributed by atoms with Gasteiger partial charge in [-0.2, -0.15) is 4.98 Å². The molecule has 7 nitrogen and oxygen atoms in total. The third-order valence-corrected chi connectivity index (χ3v) is 5.01.